The predicted molar refractivity (Wildman–Crippen MR) is 76.2 cm³/mol. The van der Waals surface area contributed by atoms with Gasteiger partial charge in [-0.3, -0.25) is 0 Å². The third-order valence-electron chi connectivity index (χ3n) is 3.07. The molecule has 20 heavy (non-hydrogen) atoms. The molecule has 0 radical (unpaired) electrons. The Kier molecular flexibility index (Phi) is 4.21. The largest absolute Gasteiger partial charge is 0.495 e. The van der Waals surface area contributed by atoms with E-state index >= 15 is 0 Å². The minimum Gasteiger partial charge on any atom is -0.495 e. The van der Waals surface area contributed by atoms with E-state index in [1.807, 2.05) is 13.0 Å². The number of aryl methyl sites for hydroxylation is 1. The Balaban J connectivity index is 2.15. The molecule has 0 fully saturated rings. The van der Waals surface area contributed by atoms with Crippen molar-refractivity contribution in [1.82, 2.24) is 0 Å². The van der Waals surface area contributed by atoms with E-state index in [4.69, 9.17) is 10.00 Å². The lowest BCUT2D eigenvalue weighted by atomic mass is 10.1. The first-order valence-corrected chi connectivity index (χ1v) is 6.21. The molecule has 4 heteroatoms. The first kappa shape index (κ1) is 13.9. The van der Waals surface area contributed by atoms with Gasteiger partial charge >= 0.3 is 0 Å². The fourth-order valence-corrected chi connectivity index (χ4v) is 1.93. The van der Waals surface area contributed by atoms with Crippen LogP contribution in [-0.2, 0) is 6.54 Å². The molecular weight excluding hydrogens is 255 g/mol. The summed E-state index contributed by atoms with van der Waals surface area (Å²) < 4.78 is 18.3. The second kappa shape index (κ2) is 6.07. The van der Waals surface area contributed by atoms with E-state index in [9.17, 15) is 4.39 Å². The van der Waals surface area contributed by atoms with E-state index in [0.29, 0.717) is 17.9 Å². The molecule has 0 bridgehead atoms. The Morgan fingerprint density at radius 2 is 2.05 bits per heavy atom. The molecule has 2 rings (SSSR count). The Morgan fingerprint density at radius 3 is 2.75 bits per heavy atom. The Labute approximate surface area is 117 Å². The molecular formula is C16H15FN2O. The number of nitriles is 1. The van der Waals surface area contributed by atoms with Gasteiger partial charge in [0.05, 0.1) is 12.7 Å². The number of anilines is 1. The van der Waals surface area contributed by atoms with Gasteiger partial charge in [0.25, 0.3) is 0 Å². The molecule has 0 atom stereocenters. The van der Waals surface area contributed by atoms with Gasteiger partial charge < -0.3 is 10.1 Å². The zero-order valence-corrected chi connectivity index (χ0v) is 11.4. The van der Waals surface area contributed by atoms with E-state index in [2.05, 4.69) is 11.4 Å². The molecule has 0 spiro atoms. The van der Waals surface area contributed by atoms with Crippen LogP contribution in [0.5, 0.6) is 5.75 Å². The van der Waals surface area contributed by atoms with E-state index in [1.54, 1.807) is 18.2 Å². The lowest BCUT2D eigenvalue weighted by molar-refractivity contribution is 0.413. The number of halogens is 1. The number of rotatable bonds is 4. The van der Waals surface area contributed by atoms with Crippen molar-refractivity contribution in [2.24, 2.45) is 0 Å². The Morgan fingerprint density at radius 1 is 1.25 bits per heavy atom. The second-order valence-electron chi connectivity index (χ2n) is 4.46. The smallest absolute Gasteiger partial charge is 0.136 e. The normalized spacial score (nSPS) is 9.90. The fraction of sp³-hybridized carbons (Fsp3) is 0.188. The maximum absolute atomic E-state index is 13.2. The summed E-state index contributed by atoms with van der Waals surface area (Å²) in [5, 5.41) is 12.2. The van der Waals surface area contributed by atoms with Crippen LogP contribution in [0.2, 0.25) is 0 Å². The molecule has 0 aromatic heterocycles. The number of methoxy groups -OCH3 is 1. The first-order valence-electron chi connectivity index (χ1n) is 6.21. The van der Waals surface area contributed by atoms with Crippen molar-refractivity contribution in [3.8, 4) is 11.8 Å². The zero-order valence-electron chi connectivity index (χ0n) is 11.4. The fourth-order valence-electron chi connectivity index (χ4n) is 1.93. The molecule has 0 heterocycles. The molecule has 0 saturated carbocycles. The van der Waals surface area contributed by atoms with Crippen LogP contribution >= 0.6 is 0 Å². The van der Waals surface area contributed by atoms with Crippen molar-refractivity contribution in [3.63, 3.8) is 0 Å². The Hall–Kier alpha value is -2.54. The third kappa shape index (κ3) is 3.07. The van der Waals surface area contributed by atoms with Crippen LogP contribution in [0.3, 0.4) is 0 Å². The summed E-state index contributed by atoms with van der Waals surface area (Å²) in [5.41, 5.74) is 3.15. The molecule has 0 aliphatic heterocycles. The van der Waals surface area contributed by atoms with Gasteiger partial charge in [0.1, 0.15) is 17.6 Å². The minimum atomic E-state index is -0.273. The van der Waals surface area contributed by atoms with Gasteiger partial charge in [0, 0.05) is 12.2 Å². The van der Waals surface area contributed by atoms with E-state index in [-0.39, 0.29) is 5.82 Å². The van der Waals surface area contributed by atoms with E-state index in [1.165, 1.54) is 19.2 Å². The summed E-state index contributed by atoms with van der Waals surface area (Å²) in [5.74, 6) is 0.281. The van der Waals surface area contributed by atoms with Gasteiger partial charge in [-0.1, -0.05) is 12.1 Å². The number of nitrogens with zero attached hydrogens (tertiary/aromatic N) is 1. The van der Waals surface area contributed by atoms with Gasteiger partial charge in [0.15, 0.2) is 0 Å². The summed E-state index contributed by atoms with van der Waals surface area (Å²) >= 11 is 0. The first-order chi connectivity index (χ1) is 9.63. The number of ether oxygens (including phenoxy) is 1. The molecule has 0 unspecified atom stereocenters. The topological polar surface area (TPSA) is 45.0 Å². The molecule has 3 nitrogen and oxygen atoms in total. The number of hydrogen-bond donors (Lipinski definition) is 1. The monoisotopic (exact) mass is 270 g/mol. The number of hydrogen-bond acceptors (Lipinski definition) is 3. The van der Waals surface area contributed by atoms with Gasteiger partial charge in [-0.15, -0.1) is 0 Å². The highest BCUT2D eigenvalue weighted by Gasteiger charge is 2.05. The van der Waals surface area contributed by atoms with Crippen LogP contribution in [0, 0.1) is 24.1 Å². The molecule has 0 aliphatic carbocycles. The van der Waals surface area contributed by atoms with Crippen LogP contribution in [0.4, 0.5) is 10.1 Å². The summed E-state index contributed by atoms with van der Waals surface area (Å²) in [7, 11) is 1.53. The van der Waals surface area contributed by atoms with Gasteiger partial charge in [-0.05, 0) is 42.3 Å². The van der Waals surface area contributed by atoms with Gasteiger partial charge in [-0.2, -0.15) is 5.26 Å². The highest BCUT2D eigenvalue weighted by atomic mass is 19.1. The number of benzene rings is 2. The summed E-state index contributed by atoms with van der Waals surface area (Å²) in [6, 6.07) is 12.1. The van der Waals surface area contributed by atoms with Gasteiger partial charge in [0.2, 0.25) is 0 Å². The number of nitrogens with one attached hydrogen (secondary N) is 1. The van der Waals surface area contributed by atoms with Crippen LogP contribution in [0.1, 0.15) is 16.7 Å². The predicted octanol–water partition coefficient (Wildman–Crippen LogP) is 3.63. The lowest BCUT2D eigenvalue weighted by Crippen LogP contribution is -2.02. The van der Waals surface area contributed by atoms with Crippen molar-refractivity contribution < 1.29 is 9.13 Å². The standard InChI is InChI=1S/C16H15FN2O/c1-11-3-5-14(17)8-15(11)19-10-12-4-6-16(20-2)13(7-12)9-18/h3-8,19H,10H2,1-2H3. The molecule has 1 N–H and O–H groups in total. The molecule has 0 amide bonds. The molecule has 0 aliphatic rings. The van der Waals surface area contributed by atoms with Crippen molar-refractivity contribution in [1.29, 1.82) is 5.26 Å². The van der Waals surface area contributed by atoms with Crippen molar-refractivity contribution in [2.45, 2.75) is 13.5 Å². The summed E-state index contributed by atoms with van der Waals surface area (Å²) in [6.45, 7) is 2.43. The second-order valence-corrected chi connectivity index (χ2v) is 4.46. The summed E-state index contributed by atoms with van der Waals surface area (Å²) in [6.07, 6.45) is 0. The van der Waals surface area contributed by atoms with Crippen molar-refractivity contribution in [2.75, 3.05) is 12.4 Å². The molecule has 2 aromatic rings. The maximum Gasteiger partial charge on any atom is 0.136 e. The quantitative estimate of drug-likeness (QED) is 0.922. The Bertz CT molecular complexity index is 662. The molecule has 2 aromatic carbocycles. The molecule has 0 saturated heterocycles. The molecule has 102 valence electrons. The van der Waals surface area contributed by atoms with Crippen LogP contribution in [0.15, 0.2) is 36.4 Å². The van der Waals surface area contributed by atoms with Gasteiger partial charge in [-0.25, -0.2) is 4.39 Å². The van der Waals surface area contributed by atoms with Crippen LogP contribution in [-0.4, -0.2) is 7.11 Å². The summed E-state index contributed by atoms with van der Waals surface area (Å²) in [4.78, 5) is 0. The average Bonchev–Trinajstić information content (AvgIpc) is 2.47. The lowest BCUT2D eigenvalue weighted by Gasteiger charge is -2.11. The maximum atomic E-state index is 13.2. The van der Waals surface area contributed by atoms with Crippen molar-refractivity contribution >= 4 is 5.69 Å². The van der Waals surface area contributed by atoms with Crippen molar-refractivity contribution in [3.05, 3.63) is 58.9 Å². The van der Waals surface area contributed by atoms with Crippen LogP contribution in [0.25, 0.3) is 0 Å². The third-order valence-corrected chi connectivity index (χ3v) is 3.07. The van der Waals surface area contributed by atoms with E-state index < -0.39 is 0 Å². The zero-order chi connectivity index (χ0) is 14.5. The van der Waals surface area contributed by atoms with Crippen LogP contribution < -0.4 is 10.1 Å². The minimum absolute atomic E-state index is 0.273. The SMILES string of the molecule is COc1ccc(CNc2cc(F)ccc2C)cc1C#N. The average molecular weight is 270 g/mol. The van der Waals surface area contributed by atoms with E-state index in [0.717, 1.165) is 16.8 Å². The highest BCUT2D eigenvalue weighted by Crippen LogP contribution is 2.21. The highest BCUT2D eigenvalue weighted by molar-refractivity contribution is 5.52.